The molecule has 0 atom stereocenters. The number of nitrogens with zero attached hydrogens (tertiary/aromatic N) is 3. The van der Waals surface area contributed by atoms with Crippen LogP contribution in [0.1, 0.15) is 18.1 Å². The average molecular weight is 303 g/mol. The van der Waals surface area contributed by atoms with Crippen molar-refractivity contribution < 1.29 is 4.79 Å². The number of hydrogen-bond donors (Lipinski definition) is 0. The molecule has 112 valence electrons. The highest BCUT2D eigenvalue weighted by molar-refractivity contribution is 7.99. The molecule has 0 saturated heterocycles. The Balaban J connectivity index is 2.19. The van der Waals surface area contributed by atoms with Crippen LogP contribution in [0.4, 0.5) is 0 Å². The van der Waals surface area contributed by atoms with Crippen molar-refractivity contribution in [2.24, 2.45) is 0 Å². The van der Waals surface area contributed by atoms with Gasteiger partial charge in [0.05, 0.1) is 11.4 Å². The highest BCUT2D eigenvalue weighted by Gasteiger charge is 2.12. The summed E-state index contributed by atoms with van der Waals surface area (Å²) in [7, 11) is 1.82. The number of hydrogen-bond acceptors (Lipinski definition) is 3. The van der Waals surface area contributed by atoms with Gasteiger partial charge in [-0.05, 0) is 38.0 Å². The zero-order chi connectivity index (χ0) is 15.4. The Labute approximate surface area is 130 Å². The Morgan fingerprint density at radius 1 is 1.38 bits per heavy atom. The minimum absolute atomic E-state index is 0.123. The Kier molecular flexibility index (Phi) is 5.07. The van der Waals surface area contributed by atoms with E-state index in [1.54, 1.807) is 11.1 Å². The third kappa shape index (κ3) is 3.47. The van der Waals surface area contributed by atoms with Crippen molar-refractivity contribution in [3.63, 3.8) is 0 Å². The maximum atomic E-state index is 11.9. The van der Waals surface area contributed by atoms with Crippen molar-refractivity contribution in [1.29, 1.82) is 0 Å². The monoisotopic (exact) mass is 303 g/mol. The smallest absolute Gasteiger partial charge is 0.232 e. The highest BCUT2D eigenvalue weighted by Crippen LogP contribution is 2.24. The molecule has 0 aliphatic carbocycles. The third-order valence-corrected chi connectivity index (χ3v) is 4.62. The summed E-state index contributed by atoms with van der Waals surface area (Å²) >= 11 is 1.48. The Bertz CT molecular complexity index is 636. The van der Waals surface area contributed by atoms with Gasteiger partial charge >= 0.3 is 0 Å². The predicted molar refractivity (Wildman–Crippen MR) is 87.1 cm³/mol. The predicted octanol–water partition coefficient (Wildman–Crippen LogP) is 3.06. The zero-order valence-corrected chi connectivity index (χ0v) is 13.8. The van der Waals surface area contributed by atoms with E-state index in [9.17, 15) is 4.79 Å². The molecule has 5 heteroatoms. The first-order valence-electron chi connectivity index (χ1n) is 7.01. The summed E-state index contributed by atoms with van der Waals surface area (Å²) in [6.07, 6.45) is 3.72. The van der Waals surface area contributed by atoms with E-state index in [2.05, 4.69) is 31.0 Å². The van der Waals surface area contributed by atoms with Gasteiger partial charge < -0.3 is 4.90 Å². The Hall–Kier alpha value is -1.75. The van der Waals surface area contributed by atoms with Gasteiger partial charge in [0.1, 0.15) is 0 Å². The average Bonchev–Trinajstić information content (AvgIpc) is 2.95. The summed E-state index contributed by atoms with van der Waals surface area (Å²) in [5, 5.41) is 0.849. The highest BCUT2D eigenvalue weighted by atomic mass is 32.2. The quantitative estimate of drug-likeness (QED) is 0.797. The summed E-state index contributed by atoms with van der Waals surface area (Å²) in [5.41, 5.74) is 3.60. The van der Waals surface area contributed by atoms with Crippen molar-refractivity contribution in [1.82, 2.24) is 14.5 Å². The zero-order valence-electron chi connectivity index (χ0n) is 13.0. The van der Waals surface area contributed by atoms with E-state index >= 15 is 0 Å². The van der Waals surface area contributed by atoms with Gasteiger partial charge in [0.25, 0.3) is 0 Å². The third-order valence-electron chi connectivity index (χ3n) is 3.67. The fraction of sp³-hybridized carbons (Fsp3) is 0.375. The normalized spacial score (nSPS) is 10.7. The van der Waals surface area contributed by atoms with Crippen molar-refractivity contribution >= 4 is 17.7 Å². The van der Waals surface area contributed by atoms with Crippen LogP contribution in [0.25, 0.3) is 5.69 Å². The molecular formula is C16H21N3OS. The number of benzene rings is 1. The van der Waals surface area contributed by atoms with E-state index in [1.165, 1.54) is 22.9 Å². The second kappa shape index (κ2) is 6.80. The van der Waals surface area contributed by atoms with E-state index in [0.29, 0.717) is 5.75 Å². The molecule has 0 aliphatic heterocycles. The Morgan fingerprint density at radius 3 is 2.86 bits per heavy atom. The largest absolute Gasteiger partial charge is 0.345 e. The fourth-order valence-electron chi connectivity index (χ4n) is 1.99. The molecule has 4 nitrogen and oxygen atoms in total. The lowest BCUT2D eigenvalue weighted by atomic mass is 10.1. The summed E-state index contributed by atoms with van der Waals surface area (Å²) in [4.78, 5) is 18.0. The minimum atomic E-state index is 0.123. The van der Waals surface area contributed by atoms with Crippen molar-refractivity contribution in [2.75, 3.05) is 19.3 Å². The van der Waals surface area contributed by atoms with Crippen LogP contribution in [0.3, 0.4) is 0 Å². The lowest BCUT2D eigenvalue weighted by Crippen LogP contribution is -2.27. The van der Waals surface area contributed by atoms with Crippen LogP contribution in [0.2, 0.25) is 0 Å². The molecule has 2 aromatic rings. The second-order valence-electron chi connectivity index (χ2n) is 5.00. The number of aryl methyl sites for hydroxylation is 1. The molecule has 1 aromatic heterocycles. The van der Waals surface area contributed by atoms with Gasteiger partial charge in [-0.15, -0.1) is 0 Å². The maximum absolute atomic E-state index is 11.9. The van der Waals surface area contributed by atoms with E-state index in [0.717, 1.165) is 17.4 Å². The molecule has 2 rings (SSSR count). The van der Waals surface area contributed by atoms with E-state index in [1.807, 2.05) is 30.8 Å². The van der Waals surface area contributed by atoms with Crippen LogP contribution >= 0.6 is 11.8 Å². The molecule has 0 N–H and O–H groups in total. The molecule has 0 unspecified atom stereocenters. The fourth-order valence-corrected chi connectivity index (χ4v) is 2.90. The maximum Gasteiger partial charge on any atom is 0.232 e. The Morgan fingerprint density at radius 2 is 2.14 bits per heavy atom. The number of imidazole rings is 1. The molecule has 21 heavy (non-hydrogen) atoms. The van der Waals surface area contributed by atoms with Crippen LogP contribution in [-0.4, -0.2) is 39.7 Å². The van der Waals surface area contributed by atoms with E-state index < -0.39 is 0 Å². The number of carbonyl (C=O) groups is 1. The molecular weight excluding hydrogens is 282 g/mol. The lowest BCUT2D eigenvalue weighted by molar-refractivity contribution is -0.126. The number of carbonyl (C=O) groups excluding carboxylic acids is 1. The lowest BCUT2D eigenvalue weighted by Gasteiger charge is -2.15. The van der Waals surface area contributed by atoms with Gasteiger partial charge in [0.15, 0.2) is 5.16 Å². The molecule has 1 aromatic carbocycles. The first-order valence-corrected chi connectivity index (χ1v) is 7.99. The molecule has 0 saturated carbocycles. The van der Waals surface area contributed by atoms with E-state index in [-0.39, 0.29) is 5.91 Å². The van der Waals surface area contributed by atoms with Crippen molar-refractivity contribution in [2.45, 2.75) is 25.9 Å². The van der Waals surface area contributed by atoms with E-state index in [4.69, 9.17) is 0 Å². The SMILES string of the molecule is CCN(C)C(=O)CSc1nccn1-c1cccc(C)c1C. The minimum Gasteiger partial charge on any atom is -0.345 e. The molecule has 0 radical (unpaired) electrons. The second-order valence-corrected chi connectivity index (χ2v) is 5.94. The van der Waals surface area contributed by atoms with Crippen LogP contribution in [0.5, 0.6) is 0 Å². The first kappa shape index (κ1) is 15.6. The molecule has 0 spiro atoms. The van der Waals surface area contributed by atoms with Gasteiger partial charge in [-0.25, -0.2) is 4.98 Å². The molecule has 1 amide bonds. The van der Waals surface area contributed by atoms with Crippen LogP contribution in [-0.2, 0) is 4.79 Å². The molecule has 0 fully saturated rings. The summed E-state index contributed by atoms with van der Waals surface area (Å²) < 4.78 is 2.05. The van der Waals surface area contributed by atoms with Gasteiger partial charge in [-0.3, -0.25) is 9.36 Å². The summed E-state index contributed by atoms with van der Waals surface area (Å²) in [5.74, 6) is 0.532. The van der Waals surface area contributed by atoms with Gasteiger partial charge in [0, 0.05) is 26.0 Å². The van der Waals surface area contributed by atoms with Gasteiger partial charge in [0.2, 0.25) is 5.91 Å². The number of rotatable bonds is 5. The van der Waals surface area contributed by atoms with Gasteiger partial charge in [-0.1, -0.05) is 23.9 Å². The molecule has 0 bridgehead atoms. The molecule has 0 aliphatic rings. The number of amides is 1. The van der Waals surface area contributed by atoms with Crippen molar-refractivity contribution in [3.8, 4) is 5.69 Å². The van der Waals surface area contributed by atoms with Crippen LogP contribution in [0.15, 0.2) is 35.7 Å². The van der Waals surface area contributed by atoms with Crippen LogP contribution < -0.4 is 0 Å². The van der Waals surface area contributed by atoms with Crippen molar-refractivity contribution in [3.05, 3.63) is 41.7 Å². The summed E-state index contributed by atoms with van der Waals surface area (Å²) in [6.45, 7) is 6.90. The topological polar surface area (TPSA) is 38.1 Å². The summed E-state index contributed by atoms with van der Waals surface area (Å²) in [6, 6.07) is 6.22. The molecule has 1 heterocycles. The number of aromatic nitrogens is 2. The standard InChI is InChI=1S/C16H21N3OS/c1-5-18(4)15(20)11-21-16-17-9-10-19(16)14-8-6-7-12(2)13(14)3/h6-10H,5,11H2,1-4H3. The number of thioether (sulfide) groups is 1. The van der Waals surface area contributed by atoms with Crippen LogP contribution in [0, 0.1) is 13.8 Å². The van der Waals surface area contributed by atoms with Gasteiger partial charge in [-0.2, -0.15) is 0 Å². The first-order chi connectivity index (χ1) is 10.0.